The Balaban J connectivity index is 2.01. The van der Waals surface area contributed by atoms with E-state index in [1.807, 2.05) is 37.3 Å². The van der Waals surface area contributed by atoms with E-state index in [9.17, 15) is 19.5 Å². The minimum Gasteiger partial charge on any atom is -0.481 e. The molecule has 2 N–H and O–H groups in total. The quantitative estimate of drug-likeness (QED) is 0.826. The highest BCUT2D eigenvalue weighted by Gasteiger charge is 2.40. The summed E-state index contributed by atoms with van der Waals surface area (Å²) in [7, 11) is 0. The van der Waals surface area contributed by atoms with E-state index < -0.39 is 11.9 Å². The van der Waals surface area contributed by atoms with Gasteiger partial charge < -0.3 is 15.3 Å². The van der Waals surface area contributed by atoms with Crippen molar-refractivity contribution in [3.05, 3.63) is 35.9 Å². The van der Waals surface area contributed by atoms with Gasteiger partial charge in [0.25, 0.3) is 0 Å². The van der Waals surface area contributed by atoms with E-state index in [2.05, 4.69) is 5.32 Å². The maximum Gasteiger partial charge on any atom is 0.308 e. The van der Waals surface area contributed by atoms with Crippen LogP contribution < -0.4 is 5.32 Å². The molecule has 0 bridgehead atoms. The lowest BCUT2D eigenvalue weighted by molar-refractivity contribution is -0.142. The Hall–Kier alpha value is -2.37. The molecular weight excluding hydrogens is 296 g/mol. The van der Waals surface area contributed by atoms with Gasteiger partial charge >= 0.3 is 5.97 Å². The molecule has 124 valence electrons. The van der Waals surface area contributed by atoms with Gasteiger partial charge in [-0.1, -0.05) is 37.3 Å². The van der Waals surface area contributed by atoms with Crippen molar-refractivity contribution in [1.29, 1.82) is 0 Å². The Morgan fingerprint density at radius 2 is 1.91 bits per heavy atom. The second-order valence-electron chi connectivity index (χ2n) is 5.79. The third-order valence-corrected chi connectivity index (χ3v) is 4.13. The van der Waals surface area contributed by atoms with Crippen LogP contribution in [0.1, 0.15) is 31.2 Å². The average molecular weight is 318 g/mol. The van der Waals surface area contributed by atoms with Crippen molar-refractivity contribution in [3.8, 4) is 0 Å². The van der Waals surface area contributed by atoms with Crippen LogP contribution in [0.15, 0.2) is 30.3 Å². The van der Waals surface area contributed by atoms with Gasteiger partial charge in [0.15, 0.2) is 0 Å². The zero-order valence-corrected chi connectivity index (χ0v) is 13.2. The number of benzene rings is 1. The molecule has 2 amide bonds. The first-order valence-corrected chi connectivity index (χ1v) is 7.85. The number of carboxylic acid groups (broad SMARTS) is 1. The van der Waals surface area contributed by atoms with Gasteiger partial charge in [-0.15, -0.1) is 0 Å². The van der Waals surface area contributed by atoms with Gasteiger partial charge in [-0.05, 0) is 12.0 Å². The number of likely N-dealkylation sites (tertiary alicyclic amines) is 1. The third kappa shape index (κ3) is 4.31. The Bertz CT molecular complexity index is 573. The van der Waals surface area contributed by atoms with Crippen molar-refractivity contribution in [2.24, 2.45) is 5.92 Å². The van der Waals surface area contributed by atoms with Gasteiger partial charge in [-0.25, -0.2) is 0 Å². The summed E-state index contributed by atoms with van der Waals surface area (Å²) in [5.74, 6) is -2.13. The number of carbonyl (C=O) groups excluding carboxylic acids is 2. The van der Waals surface area contributed by atoms with E-state index in [1.54, 1.807) is 0 Å². The lowest BCUT2D eigenvalue weighted by Crippen LogP contribution is -2.39. The molecule has 1 aromatic carbocycles. The normalized spacial score (nSPS) is 20.3. The number of aliphatic carboxylic acids is 1. The first kappa shape index (κ1) is 17.0. The molecule has 23 heavy (non-hydrogen) atoms. The highest BCUT2D eigenvalue weighted by atomic mass is 16.4. The number of carbonyl (C=O) groups is 3. The molecule has 0 aliphatic carbocycles. The summed E-state index contributed by atoms with van der Waals surface area (Å²) in [6, 6.07) is 9.38. The number of hydrogen-bond acceptors (Lipinski definition) is 3. The van der Waals surface area contributed by atoms with Crippen molar-refractivity contribution in [2.75, 3.05) is 19.6 Å². The second-order valence-corrected chi connectivity index (χ2v) is 5.79. The summed E-state index contributed by atoms with van der Waals surface area (Å²) in [5, 5.41) is 12.0. The monoisotopic (exact) mass is 318 g/mol. The fourth-order valence-corrected chi connectivity index (χ4v) is 2.90. The zero-order chi connectivity index (χ0) is 16.8. The summed E-state index contributed by atoms with van der Waals surface area (Å²) in [6.07, 6.45) is 1.11. The van der Waals surface area contributed by atoms with Crippen LogP contribution in [0.2, 0.25) is 0 Å². The van der Waals surface area contributed by atoms with Crippen molar-refractivity contribution >= 4 is 17.8 Å². The molecule has 1 aliphatic heterocycles. The number of hydrogen-bond donors (Lipinski definition) is 2. The van der Waals surface area contributed by atoms with Gasteiger partial charge in [-0.2, -0.15) is 0 Å². The predicted octanol–water partition coefficient (Wildman–Crippen LogP) is 1.23. The molecule has 1 heterocycles. The van der Waals surface area contributed by atoms with E-state index in [4.69, 9.17) is 0 Å². The van der Waals surface area contributed by atoms with Crippen LogP contribution in [-0.4, -0.2) is 47.4 Å². The molecule has 0 spiro atoms. The molecule has 2 atom stereocenters. The van der Waals surface area contributed by atoms with Crippen LogP contribution in [0.5, 0.6) is 0 Å². The van der Waals surface area contributed by atoms with Crippen LogP contribution in [0.25, 0.3) is 0 Å². The molecule has 1 aliphatic rings. The van der Waals surface area contributed by atoms with Gasteiger partial charge in [0, 0.05) is 25.4 Å². The Morgan fingerprint density at radius 1 is 1.22 bits per heavy atom. The largest absolute Gasteiger partial charge is 0.481 e. The van der Waals surface area contributed by atoms with Crippen molar-refractivity contribution < 1.29 is 19.5 Å². The molecule has 0 aromatic heterocycles. The molecule has 0 unspecified atom stereocenters. The minimum atomic E-state index is -0.899. The first-order valence-electron chi connectivity index (χ1n) is 7.85. The summed E-state index contributed by atoms with van der Waals surface area (Å²) in [5.41, 5.74) is 0.921. The molecule has 1 saturated heterocycles. The van der Waals surface area contributed by atoms with E-state index in [0.29, 0.717) is 13.0 Å². The van der Waals surface area contributed by atoms with Crippen LogP contribution in [0.4, 0.5) is 0 Å². The SMILES string of the molecule is CCCC(=O)NCC(=O)N1C[C@H](C(=O)O)[C@H](c2ccccc2)C1. The van der Waals surface area contributed by atoms with E-state index >= 15 is 0 Å². The number of rotatable bonds is 6. The fourth-order valence-electron chi connectivity index (χ4n) is 2.90. The molecule has 1 aromatic rings. The molecule has 6 nitrogen and oxygen atoms in total. The number of nitrogens with zero attached hydrogens (tertiary/aromatic N) is 1. The molecule has 1 fully saturated rings. The Labute approximate surface area is 135 Å². The summed E-state index contributed by atoms with van der Waals surface area (Å²) < 4.78 is 0. The summed E-state index contributed by atoms with van der Waals surface area (Å²) >= 11 is 0. The topological polar surface area (TPSA) is 86.7 Å². The number of nitrogens with one attached hydrogen (secondary N) is 1. The molecule has 2 rings (SSSR count). The maximum atomic E-state index is 12.2. The van der Waals surface area contributed by atoms with Crippen molar-refractivity contribution in [3.63, 3.8) is 0 Å². The van der Waals surface area contributed by atoms with E-state index in [1.165, 1.54) is 4.90 Å². The molecule has 6 heteroatoms. The summed E-state index contributed by atoms with van der Waals surface area (Å²) in [6.45, 7) is 2.36. The average Bonchev–Trinajstić information content (AvgIpc) is 2.99. The molecular formula is C17H22N2O4. The first-order chi connectivity index (χ1) is 11.0. The Kier molecular flexibility index (Phi) is 5.73. The standard InChI is InChI=1S/C17H22N2O4/c1-2-6-15(20)18-9-16(21)19-10-13(14(11-19)17(22)23)12-7-4-3-5-8-12/h3-5,7-8,13-14H,2,6,9-11H2,1H3,(H,18,20)(H,22,23)/t13-,14-/m0/s1. The minimum absolute atomic E-state index is 0.0767. The predicted molar refractivity (Wildman–Crippen MR) is 84.8 cm³/mol. The molecule has 0 saturated carbocycles. The van der Waals surface area contributed by atoms with Crippen molar-refractivity contribution in [1.82, 2.24) is 10.2 Å². The fraction of sp³-hybridized carbons (Fsp3) is 0.471. The lowest BCUT2D eigenvalue weighted by atomic mass is 9.89. The second kappa shape index (κ2) is 7.76. The highest BCUT2D eigenvalue weighted by molar-refractivity contribution is 5.85. The molecule has 0 radical (unpaired) electrons. The van der Waals surface area contributed by atoms with E-state index in [-0.39, 0.29) is 30.8 Å². The lowest BCUT2D eigenvalue weighted by Gasteiger charge is -2.17. The van der Waals surface area contributed by atoms with Crippen LogP contribution >= 0.6 is 0 Å². The van der Waals surface area contributed by atoms with Gasteiger partial charge in [0.1, 0.15) is 0 Å². The summed E-state index contributed by atoms with van der Waals surface area (Å²) in [4.78, 5) is 36.7. The van der Waals surface area contributed by atoms with Crippen LogP contribution in [0.3, 0.4) is 0 Å². The highest BCUT2D eigenvalue weighted by Crippen LogP contribution is 2.32. The van der Waals surface area contributed by atoms with Crippen LogP contribution in [0, 0.1) is 5.92 Å². The van der Waals surface area contributed by atoms with Crippen LogP contribution in [-0.2, 0) is 14.4 Å². The number of amides is 2. The van der Waals surface area contributed by atoms with Gasteiger partial charge in [0.05, 0.1) is 12.5 Å². The Morgan fingerprint density at radius 3 is 2.52 bits per heavy atom. The van der Waals surface area contributed by atoms with E-state index in [0.717, 1.165) is 12.0 Å². The number of carboxylic acids is 1. The smallest absolute Gasteiger partial charge is 0.308 e. The van der Waals surface area contributed by atoms with Gasteiger partial charge in [-0.3, -0.25) is 14.4 Å². The van der Waals surface area contributed by atoms with Gasteiger partial charge in [0.2, 0.25) is 11.8 Å². The van der Waals surface area contributed by atoms with Crippen molar-refractivity contribution in [2.45, 2.75) is 25.7 Å². The maximum absolute atomic E-state index is 12.2. The zero-order valence-electron chi connectivity index (χ0n) is 13.2. The third-order valence-electron chi connectivity index (χ3n) is 4.13.